The smallest absolute Gasteiger partial charge is 0.491 e. The van der Waals surface area contributed by atoms with E-state index in [0.29, 0.717) is 13.2 Å². The van der Waals surface area contributed by atoms with Gasteiger partial charge < -0.3 is 14.2 Å². The molecule has 0 unspecified atom stereocenters. The molecule has 1 heterocycles. The van der Waals surface area contributed by atoms with E-state index < -0.39 is 41.4 Å². The Kier molecular flexibility index (Phi) is 5.09. The number of carbonyl (C=O) groups excluding carboxylic acids is 1. The quantitative estimate of drug-likeness (QED) is 0.626. The molecule has 0 saturated heterocycles. The summed E-state index contributed by atoms with van der Waals surface area (Å²) < 4.78 is 87.5. The van der Waals surface area contributed by atoms with Crippen molar-refractivity contribution in [3.63, 3.8) is 0 Å². The minimum atomic E-state index is -5.29. The van der Waals surface area contributed by atoms with Crippen LogP contribution in [0.25, 0.3) is 0 Å². The van der Waals surface area contributed by atoms with Crippen LogP contribution in [0.2, 0.25) is 0 Å². The van der Waals surface area contributed by atoms with Crippen molar-refractivity contribution < 1.29 is 45.3 Å². The summed E-state index contributed by atoms with van der Waals surface area (Å²) in [6, 6.07) is 0.361. The molecule has 22 heavy (non-hydrogen) atoms. The zero-order valence-corrected chi connectivity index (χ0v) is 11.1. The van der Waals surface area contributed by atoms with E-state index in [2.05, 4.69) is 19.2 Å². The summed E-state index contributed by atoms with van der Waals surface area (Å²) in [4.78, 5) is 14.4. The molecular weight excluding hydrogens is 324 g/mol. The number of hydrogen-bond donors (Lipinski definition) is 0. The first-order chi connectivity index (χ1) is 9.99. The molecule has 0 atom stereocenters. The number of hydrogen-bond acceptors (Lipinski definition) is 5. The van der Waals surface area contributed by atoms with E-state index in [9.17, 15) is 31.1 Å². The molecule has 0 N–H and O–H groups in total. The minimum Gasteiger partial charge on any atom is -0.491 e. The lowest BCUT2D eigenvalue weighted by molar-refractivity contribution is -0.275. The molecule has 0 fully saturated rings. The van der Waals surface area contributed by atoms with E-state index in [1.54, 1.807) is 0 Å². The van der Waals surface area contributed by atoms with Gasteiger partial charge in [0.05, 0.1) is 13.7 Å². The third kappa shape index (κ3) is 4.40. The highest BCUT2D eigenvalue weighted by atomic mass is 19.4. The molecule has 0 radical (unpaired) electrons. The normalized spacial score (nSPS) is 12.0. The summed E-state index contributed by atoms with van der Waals surface area (Å²) in [6.45, 7) is 1.16. The molecule has 0 saturated carbocycles. The number of nitrogens with zero attached hydrogens (tertiary/aromatic N) is 1. The third-order valence-electron chi connectivity index (χ3n) is 2.12. The largest absolute Gasteiger partial charge is 0.573 e. The standard InChI is InChI=1S/C11H9F6NO4/c1-3-21-9(19)5-4-6(22-11(15,16)17)7(20-2)8(18-5)10(12,13)14/h4H,3H2,1-2H3. The molecule has 0 aromatic carbocycles. The maximum absolute atomic E-state index is 12.8. The highest BCUT2D eigenvalue weighted by molar-refractivity contribution is 5.88. The monoisotopic (exact) mass is 333 g/mol. The van der Waals surface area contributed by atoms with Gasteiger partial charge in [0.15, 0.2) is 22.9 Å². The second kappa shape index (κ2) is 6.28. The number of pyridine rings is 1. The number of rotatable bonds is 4. The van der Waals surface area contributed by atoms with Crippen LogP contribution in [0.4, 0.5) is 26.3 Å². The van der Waals surface area contributed by atoms with Gasteiger partial charge in [0, 0.05) is 6.07 Å². The Morgan fingerprint density at radius 2 is 1.82 bits per heavy atom. The SMILES string of the molecule is CCOC(=O)c1cc(OC(F)(F)F)c(OC)c(C(F)(F)F)n1. The second-order valence-electron chi connectivity index (χ2n) is 3.65. The molecule has 0 amide bonds. The fourth-order valence-electron chi connectivity index (χ4n) is 1.41. The third-order valence-corrected chi connectivity index (χ3v) is 2.12. The van der Waals surface area contributed by atoms with Crippen LogP contribution in [-0.4, -0.2) is 31.0 Å². The van der Waals surface area contributed by atoms with Crippen LogP contribution in [0.5, 0.6) is 11.5 Å². The molecule has 0 aliphatic heterocycles. The number of aromatic nitrogens is 1. The fourth-order valence-corrected chi connectivity index (χ4v) is 1.41. The number of ether oxygens (including phenoxy) is 3. The summed E-state index contributed by atoms with van der Waals surface area (Å²) in [5.41, 5.74) is -2.82. The number of esters is 1. The molecule has 5 nitrogen and oxygen atoms in total. The van der Waals surface area contributed by atoms with Crippen molar-refractivity contribution in [2.24, 2.45) is 0 Å². The summed E-state index contributed by atoms with van der Waals surface area (Å²) >= 11 is 0. The first-order valence-corrected chi connectivity index (χ1v) is 5.58. The van der Waals surface area contributed by atoms with Crippen molar-refractivity contribution in [2.75, 3.05) is 13.7 Å². The average molecular weight is 333 g/mol. The van der Waals surface area contributed by atoms with Gasteiger partial charge in [0.25, 0.3) is 0 Å². The van der Waals surface area contributed by atoms with Crippen LogP contribution in [0.15, 0.2) is 6.07 Å². The van der Waals surface area contributed by atoms with Gasteiger partial charge in [-0.05, 0) is 6.92 Å². The van der Waals surface area contributed by atoms with Crippen molar-refractivity contribution in [2.45, 2.75) is 19.5 Å². The van der Waals surface area contributed by atoms with Gasteiger partial charge in [-0.1, -0.05) is 0 Å². The highest BCUT2D eigenvalue weighted by Gasteiger charge is 2.41. The van der Waals surface area contributed by atoms with Crippen molar-refractivity contribution >= 4 is 5.97 Å². The van der Waals surface area contributed by atoms with Crippen molar-refractivity contribution in [1.82, 2.24) is 4.98 Å². The lowest BCUT2D eigenvalue weighted by atomic mass is 10.2. The van der Waals surface area contributed by atoms with Gasteiger partial charge in [-0.2, -0.15) is 13.2 Å². The number of carbonyl (C=O) groups is 1. The average Bonchev–Trinajstić information content (AvgIpc) is 2.35. The molecule has 1 aromatic heterocycles. The zero-order valence-electron chi connectivity index (χ0n) is 11.1. The van der Waals surface area contributed by atoms with Crippen LogP contribution in [0, 0.1) is 0 Å². The van der Waals surface area contributed by atoms with Gasteiger partial charge in [0.2, 0.25) is 0 Å². The van der Waals surface area contributed by atoms with Crippen LogP contribution in [0.1, 0.15) is 23.1 Å². The van der Waals surface area contributed by atoms with E-state index in [0.717, 1.165) is 0 Å². The summed E-state index contributed by atoms with van der Waals surface area (Å²) in [6.07, 6.45) is -10.5. The van der Waals surface area contributed by atoms with Gasteiger partial charge in [-0.3, -0.25) is 0 Å². The predicted octanol–water partition coefficient (Wildman–Crippen LogP) is 3.18. The Hall–Kier alpha value is -2.20. The number of methoxy groups -OCH3 is 1. The first-order valence-electron chi connectivity index (χ1n) is 5.58. The molecule has 1 aromatic rings. The van der Waals surface area contributed by atoms with Gasteiger partial charge >= 0.3 is 18.5 Å². The maximum atomic E-state index is 12.8. The van der Waals surface area contributed by atoms with Crippen LogP contribution < -0.4 is 9.47 Å². The van der Waals surface area contributed by atoms with Crippen molar-refractivity contribution in [1.29, 1.82) is 0 Å². The molecule has 0 aliphatic rings. The maximum Gasteiger partial charge on any atom is 0.573 e. The van der Waals surface area contributed by atoms with Crippen molar-refractivity contribution in [3.05, 3.63) is 17.5 Å². The summed E-state index contributed by atoms with van der Waals surface area (Å²) in [5.74, 6) is -3.97. The van der Waals surface area contributed by atoms with Crippen LogP contribution in [0.3, 0.4) is 0 Å². The van der Waals surface area contributed by atoms with E-state index in [1.807, 2.05) is 0 Å². The minimum absolute atomic E-state index is 0.205. The molecule has 0 spiro atoms. The molecule has 124 valence electrons. The number of halogens is 6. The Balaban J connectivity index is 3.51. The Bertz CT molecular complexity index is 555. The Morgan fingerprint density at radius 3 is 2.23 bits per heavy atom. The summed E-state index contributed by atoms with van der Waals surface area (Å²) in [5, 5.41) is 0. The fraction of sp³-hybridized carbons (Fsp3) is 0.455. The van der Waals surface area contributed by atoms with Gasteiger partial charge in [0.1, 0.15) is 0 Å². The molecule has 0 aliphatic carbocycles. The Morgan fingerprint density at radius 1 is 1.23 bits per heavy atom. The molecule has 11 heteroatoms. The van der Waals surface area contributed by atoms with E-state index in [1.165, 1.54) is 6.92 Å². The van der Waals surface area contributed by atoms with E-state index >= 15 is 0 Å². The van der Waals surface area contributed by atoms with Crippen LogP contribution >= 0.6 is 0 Å². The Labute approximate surface area is 119 Å². The van der Waals surface area contributed by atoms with Gasteiger partial charge in [-0.15, -0.1) is 13.2 Å². The lowest BCUT2D eigenvalue weighted by Crippen LogP contribution is -2.21. The van der Waals surface area contributed by atoms with Crippen molar-refractivity contribution in [3.8, 4) is 11.5 Å². The van der Waals surface area contributed by atoms with E-state index in [-0.39, 0.29) is 6.61 Å². The van der Waals surface area contributed by atoms with Gasteiger partial charge in [-0.25, -0.2) is 9.78 Å². The predicted molar refractivity (Wildman–Crippen MR) is 58.4 cm³/mol. The topological polar surface area (TPSA) is 57.7 Å². The van der Waals surface area contributed by atoms with Crippen LogP contribution in [-0.2, 0) is 10.9 Å². The summed E-state index contributed by atoms with van der Waals surface area (Å²) in [7, 11) is 0.708. The first kappa shape index (κ1) is 17.9. The molecule has 1 rings (SSSR count). The second-order valence-corrected chi connectivity index (χ2v) is 3.65. The number of alkyl halides is 6. The van der Waals surface area contributed by atoms with E-state index in [4.69, 9.17) is 0 Å². The molecular formula is C11H9F6NO4. The lowest BCUT2D eigenvalue weighted by Gasteiger charge is -2.17. The highest BCUT2D eigenvalue weighted by Crippen LogP contribution is 2.42. The zero-order chi connectivity index (χ0) is 17.1. The molecule has 0 bridgehead atoms.